The van der Waals surface area contributed by atoms with Gasteiger partial charge in [0.2, 0.25) is 0 Å². The smallest absolute Gasteiger partial charge is 0.138 e. The second-order valence-corrected chi connectivity index (χ2v) is 6.17. The summed E-state index contributed by atoms with van der Waals surface area (Å²) >= 11 is 7.89. The van der Waals surface area contributed by atoms with Crippen molar-refractivity contribution in [3.05, 3.63) is 44.9 Å². The summed E-state index contributed by atoms with van der Waals surface area (Å²) in [5.74, 6) is 0.686. The van der Waals surface area contributed by atoms with Gasteiger partial charge in [0.25, 0.3) is 0 Å². The molecular formula is C15H19ClN2OS. The van der Waals surface area contributed by atoms with E-state index in [0.29, 0.717) is 17.4 Å². The number of benzene rings is 1. The summed E-state index contributed by atoms with van der Waals surface area (Å²) in [6.07, 6.45) is 1.77. The number of hydrogen-bond acceptors (Lipinski definition) is 4. The Hall–Kier alpha value is -1.10. The molecule has 0 spiro atoms. The number of aromatic nitrogens is 1. The van der Waals surface area contributed by atoms with Gasteiger partial charge in [0, 0.05) is 11.4 Å². The number of thiazole rings is 1. The summed E-state index contributed by atoms with van der Waals surface area (Å²) in [6.45, 7) is 4.52. The molecule has 0 saturated heterocycles. The zero-order chi connectivity index (χ0) is 14.5. The largest absolute Gasteiger partial charge is 0.486 e. The number of halogens is 1. The molecule has 1 heterocycles. The summed E-state index contributed by atoms with van der Waals surface area (Å²) in [6, 6.07) is 5.94. The molecule has 5 heteroatoms. The van der Waals surface area contributed by atoms with Gasteiger partial charge in [0.1, 0.15) is 12.4 Å². The second-order valence-electron chi connectivity index (χ2n) is 4.82. The molecular weight excluding hydrogens is 292 g/mol. The van der Waals surface area contributed by atoms with Gasteiger partial charge in [-0.15, -0.1) is 11.3 Å². The molecule has 0 fully saturated rings. The minimum Gasteiger partial charge on any atom is -0.486 e. The number of ether oxygens (including phenoxy) is 1. The van der Waals surface area contributed by atoms with E-state index in [0.717, 1.165) is 29.1 Å². The van der Waals surface area contributed by atoms with Crippen molar-refractivity contribution in [2.45, 2.75) is 39.3 Å². The van der Waals surface area contributed by atoms with Gasteiger partial charge < -0.3 is 10.5 Å². The highest BCUT2D eigenvalue weighted by molar-refractivity contribution is 7.09. The van der Waals surface area contributed by atoms with E-state index < -0.39 is 0 Å². The molecule has 0 aliphatic rings. The first-order chi connectivity index (χ1) is 9.58. The van der Waals surface area contributed by atoms with E-state index in [1.54, 1.807) is 11.3 Å². The van der Waals surface area contributed by atoms with E-state index in [2.05, 4.69) is 11.9 Å². The molecule has 0 saturated carbocycles. The van der Waals surface area contributed by atoms with Crippen LogP contribution in [0.2, 0.25) is 5.02 Å². The van der Waals surface area contributed by atoms with Crippen molar-refractivity contribution in [1.29, 1.82) is 0 Å². The Labute approximate surface area is 128 Å². The highest BCUT2D eigenvalue weighted by Gasteiger charge is 2.07. The molecule has 108 valence electrons. The zero-order valence-corrected chi connectivity index (χ0v) is 13.3. The number of rotatable bonds is 6. The zero-order valence-electron chi connectivity index (χ0n) is 11.7. The molecule has 1 aromatic carbocycles. The topological polar surface area (TPSA) is 48.1 Å². The number of nitrogens with zero attached hydrogens (tertiary/aromatic N) is 1. The summed E-state index contributed by atoms with van der Waals surface area (Å²) in [7, 11) is 0. The average molecular weight is 311 g/mol. The first-order valence-electron chi connectivity index (χ1n) is 6.68. The molecule has 2 rings (SSSR count). The Bertz CT molecular complexity index is 569. The highest BCUT2D eigenvalue weighted by Crippen LogP contribution is 2.27. The molecule has 2 N–H and O–H groups in total. The summed E-state index contributed by atoms with van der Waals surface area (Å²) in [4.78, 5) is 4.46. The van der Waals surface area contributed by atoms with Gasteiger partial charge in [0.15, 0.2) is 0 Å². The minimum absolute atomic E-state index is 0.125. The van der Waals surface area contributed by atoms with E-state index in [9.17, 15) is 0 Å². The van der Waals surface area contributed by atoms with Crippen LogP contribution < -0.4 is 10.5 Å². The second kappa shape index (κ2) is 7.07. The van der Waals surface area contributed by atoms with Crippen LogP contribution in [-0.4, -0.2) is 11.0 Å². The van der Waals surface area contributed by atoms with Crippen molar-refractivity contribution < 1.29 is 4.74 Å². The van der Waals surface area contributed by atoms with Gasteiger partial charge in [-0.25, -0.2) is 4.98 Å². The van der Waals surface area contributed by atoms with Crippen molar-refractivity contribution >= 4 is 22.9 Å². The number of hydrogen-bond donors (Lipinski definition) is 1. The van der Waals surface area contributed by atoms with Crippen LogP contribution in [0.25, 0.3) is 0 Å². The standard InChI is InChI=1S/C15H19ClN2OS/c1-3-15-18-12(9-20-15)8-19-14-5-4-11(6-10(2)17)7-13(14)16/h4-5,7,9-10H,3,6,8,17H2,1-2H3. The van der Waals surface area contributed by atoms with Crippen LogP contribution in [-0.2, 0) is 19.4 Å². The first-order valence-corrected chi connectivity index (χ1v) is 7.94. The fourth-order valence-electron chi connectivity index (χ4n) is 1.89. The third-order valence-corrected chi connectivity index (χ3v) is 4.17. The molecule has 0 bridgehead atoms. The quantitative estimate of drug-likeness (QED) is 0.882. The maximum atomic E-state index is 6.23. The monoisotopic (exact) mass is 310 g/mol. The lowest BCUT2D eigenvalue weighted by atomic mass is 10.1. The van der Waals surface area contributed by atoms with Crippen LogP contribution in [0.15, 0.2) is 23.6 Å². The summed E-state index contributed by atoms with van der Waals surface area (Å²) < 4.78 is 5.72. The molecule has 0 amide bonds. The lowest BCUT2D eigenvalue weighted by molar-refractivity contribution is 0.302. The van der Waals surface area contributed by atoms with E-state index in [1.807, 2.05) is 30.5 Å². The Morgan fingerprint density at radius 3 is 2.85 bits per heavy atom. The van der Waals surface area contributed by atoms with Crippen molar-refractivity contribution in [2.24, 2.45) is 5.73 Å². The number of aryl methyl sites for hydroxylation is 1. The summed E-state index contributed by atoms with van der Waals surface area (Å²) in [5.41, 5.74) is 7.85. The van der Waals surface area contributed by atoms with E-state index in [1.165, 1.54) is 0 Å². The maximum absolute atomic E-state index is 6.23. The van der Waals surface area contributed by atoms with Crippen LogP contribution in [0.5, 0.6) is 5.75 Å². The molecule has 0 radical (unpaired) electrons. The Kier molecular flexibility index (Phi) is 5.40. The van der Waals surface area contributed by atoms with Gasteiger partial charge >= 0.3 is 0 Å². The van der Waals surface area contributed by atoms with Gasteiger partial charge in [-0.1, -0.05) is 24.6 Å². The number of nitrogens with two attached hydrogens (primary N) is 1. The average Bonchev–Trinajstić information content (AvgIpc) is 2.85. The summed E-state index contributed by atoms with van der Waals surface area (Å²) in [5, 5.41) is 3.77. The molecule has 20 heavy (non-hydrogen) atoms. The predicted molar refractivity (Wildman–Crippen MR) is 84.6 cm³/mol. The predicted octanol–water partition coefficient (Wildman–Crippen LogP) is 3.83. The normalized spacial score (nSPS) is 12.4. The van der Waals surface area contributed by atoms with Crippen molar-refractivity contribution in [3.63, 3.8) is 0 Å². The maximum Gasteiger partial charge on any atom is 0.138 e. The SMILES string of the molecule is CCc1nc(COc2ccc(CC(C)N)cc2Cl)cs1. The molecule has 3 nitrogen and oxygen atoms in total. The van der Waals surface area contributed by atoms with Crippen LogP contribution in [0, 0.1) is 0 Å². The highest BCUT2D eigenvalue weighted by atomic mass is 35.5. The third kappa shape index (κ3) is 4.20. The molecule has 1 aromatic heterocycles. The minimum atomic E-state index is 0.125. The van der Waals surface area contributed by atoms with Gasteiger partial charge in [-0.3, -0.25) is 0 Å². The van der Waals surface area contributed by atoms with Gasteiger partial charge in [-0.2, -0.15) is 0 Å². The van der Waals surface area contributed by atoms with Crippen LogP contribution in [0.1, 0.15) is 30.1 Å². The molecule has 1 atom stereocenters. The van der Waals surface area contributed by atoms with E-state index in [4.69, 9.17) is 22.1 Å². The van der Waals surface area contributed by atoms with Crippen LogP contribution in [0.3, 0.4) is 0 Å². The molecule has 1 unspecified atom stereocenters. The fraction of sp³-hybridized carbons (Fsp3) is 0.400. The molecule has 0 aliphatic carbocycles. The van der Waals surface area contributed by atoms with E-state index >= 15 is 0 Å². The third-order valence-electron chi connectivity index (χ3n) is 2.83. The van der Waals surface area contributed by atoms with Gasteiger partial charge in [0.05, 0.1) is 15.7 Å². The van der Waals surface area contributed by atoms with Crippen LogP contribution >= 0.6 is 22.9 Å². The lowest BCUT2D eigenvalue weighted by Gasteiger charge is -2.10. The van der Waals surface area contributed by atoms with E-state index in [-0.39, 0.29) is 6.04 Å². The van der Waals surface area contributed by atoms with Crippen molar-refractivity contribution in [1.82, 2.24) is 4.98 Å². The van der Waals surface area contributed by atoms with Crippen molar-refractivity contribution in [2.75, 3.05) is 0 Å². The first kappa shape index (κ1) is 15.3. The lowest BCUT2D eigenvalue weighted by Crippen LogP contribution is -2.17. The molecule has 2 aromatic rings. The molecule has 0 aliphatic heterocycles. The van der Waals surface area contributed by atoms with Crippen molar-refractivity contribution in [3.8, 4) is 5.75 Å². The Morgan fingerprint density at radius 2 is 2.25 bits per heavy atom. The van der Waals surface area contributed by atoms with Gasteiger partial charge in [-0.05, 0) is 37.5 Å². The Balaban J connectivity index is 1.99. The fourth-order valence-corrected chi connectivity index (χ4v) is 2.88. The Morgan fingerprint density at radius 1 is 1.45 bits per heavy atom. The van der Waals surface area contributed by atoms with Crippen LogP contribution in [0.4, 0.5) is 0 Å².